The SMILES string of the molecule is COc1ccccc1NC(=O)C(C)OC(=O)c1ccccc1OCc1ccc(F)cc1. The van der Waals surface area contributed by atoms with Crippen molar-refractivity contribution in [3.8, 4) is 11.5 Å². The Kier molecular flexibility index (Phi) is 7.22. The number of rotatable bonds is 8. The zero-order valence-electron chi connectivity index (χ0n) is 17.1. The van der Waals surface area contributed by atoms with Gasteiger partial charge in [-0.25, -0.2) is 9.18 Å². The van der Waals surface area contributed by atoms with Gasteiger partial charge < -0.3 is 19.5 Å². The van der Waals surface area contributed by atoms with E-state index in [0.29, 0.717) is 17.2 Å². The highest BCUT2D eigenvalue weighted by molar-refractivity contribution is 5.99. The quantitative estimate of drug-likeness (QED) is 0.536. The highest BCUT2D eigenvalue weighted by Gasteiger charge is 2.22. The normalized spacial score (nSPS) is 11.3. The van der Waals surface area contributed by atoms with Crippen molar-refractivity contribution in [2.75, 3.05) is 12.4 Å². The smallest absolute Gasteiger partial charge is 0.342 e. The molecule has 31 heavy (non-hydrogen) atoms. The van der Waals surface area contributed by atoms with E-state index >= 15 is 0 Å². The van der Waals surface area contributed by atoms with Crippen molar-refractivity contribution in [3.63, 3.8) is 0 Å². The number of para-hydroxylation sites is 3. The molecule has 3 aromatic rings. The summed E-state index contributed by atoms with van der Waals surface area (Å²) in [5, 5.41) is 2.68. The average Bonchev–Trinajstić information content (AvgIpc) is 2.79. The predicted molar refractivity (Wildman–Crippen MR) is 114 cm³/mol. The van der Waals surface area contributed by atoms with Crippen LogP contribution in [0, 0.1) is 5.82 Å². The number of carbonyl (C=O) groups is 2. The minimum absolute atomic E-state index is 0.147. The molecule has 0 fully saturated rings. The number of hydrogen-bond acceptors (Lipinski definition) is 5. The summed E-state index contributed by atoms with van der Waals surface area (Å²) in [6, 6.07) is 19.3. The molecule has 1 unspecified atom stereocenters. The van der Waals surface area contributed by atoms with Gasteiger partial charge in [0.2, 0.25) is 0 Å². The third kappa shape index (κ3) is 5.82. The Labute approximate surface area is 179 Å². The van der Waals surface area contributed by atoms with Crippen molar-refractivity contribution < 1.29 is 28.2 Å². The first-order valence-electron chi connectivity index (χ1n) is 9.59. The summed E-state index contributed by atoms with van der Waals surface area (Å²) in [6.07, 6.45) is -1.05. The molecule has 0 aliphatic heterocycles. The van der Waals surface area contributed by atoms with Crippen molar-refractivity contribution in [3.05, 3.63) is 89.7 Å². The molecule has 0 saturated heterocycles. The highest BCUT2D eigenvalue weighted by Crippen LogP contribution is 2.24. The lowest BCUT2D eigenvalue weighted by Crippen LogP contribution is -2.30. The van der Waals surface area contributed by atoms with Gasteiger partial charge in [0, 0.05) is 0 Å². The van der Waals surface area contributed by atoms with Crippen LogP contribution in [0.25, 0.3) is 0 Å². The van der Waals surface area contributed by atoms with Crippen LogP contribution in [0.3, 0.4) is 0 Å². The molecule has 0 aliphatic carbocycles. The molecule has 0 aromatic heterocycles. The fraction of sp³-hybridized carbons (Fsp3) is 0.167. The van der Waals surface area contributed by atoms with Gasteiger partial charge in [-0.2, -0.15) is 0 Å². The van der Waals surface area contributed by atoms with Gasteiger partial charge in [0.15, 0.2) is 6.10 Å². The minimum atomic E-state index is -1.05. The van der Waals surface area contributed by atoms with E-state index in [1.54, 1.807) is 60.7 Å². The average molecular weight is 423 g/mol. The molecule has 6 nitrogen and oxygen atoms in total. The fourth-order valence-electron chi connectivity index (χ4n) is 2.76. The van der Waals surface area contributed by atoms with Crippen molar-refractivity contribution >= 4 is 17.6 Å². The Bertz CT molecular complexity index is 1050. The molecule has 1 amide bonds. The van der Waals surface area contributed by atoms with Gasteiger partial charge >= 0.3 is 5.97 Å². The molecule has 0 saturated carbocycles. The number of halogens is 1. The van der Waals surface area contributed by atoms with Crippen LogP contribution < -0.4 is 14.8 Å². The maximum atomic E-state index is 13.0. The van der Waals surface area contributed by atoms with Crippen LogP contribution in [0.5, 0.6) is 11.5 Å². The predicted octanol–water partition coefficient (Wildman–Crippen LogP) is 4.60. The van der Waals surface area contributed by atoms with Gasteiger partial charge in [-0.3, -0.25) is 4.79 Å². The van der Waals surface area contributed by atoms with Crippen molar-refractivity contribution in [1.29, 1.82) is 0 Å². The number of anilines is 1. The summed E-state index contributed by atoms with van der Waals surface area (Å²) in [5.41, 5.74) is 1.40. The third-order valence-corrected chi connectivity index (χ3v) is 4.43. The molecular weight excluding hydrogens is 401 g/mol. The molecule has 0 radical (unpaired) electrons. The largest absolute Gasteiger partial charge is 0.495 e. The molecule has 3 rings (SSSR count). The zero-order valence-corrected chi connectivity index (χ0v) is 17.1. The summed E-state index contributed by atoms with van der Waals surface area (Å²) in [7, 11) is 1.50. The van der Waals surface area contributed by atoms with E-state index in [0.717, 1.165) is 5.56 Å². The first-order chi connectivity index (χ1) is 15.0. The Hall–Kier alpha value is -3.87. The van der Waals surface area contributed by atoms with Crippen molar-refractivity contribution in [2.45, 2.75) is 19.6 Å². The van der Waals surface area contributed by atoms with Crippen LogP contribution in [0.15, 0.2) is 72.8 Å². The number of esters is 1. The summed E-state index contributed by atoms with van der Waals surface area (Å²) in [6.45, 7) is 1.62. The topological polar surface area (TPSA) is 73.9 Å². The standard InChI is InChI=1S/C24H22FNO5/c1-16(23(27)26-20-8-4-6-10-22(20)29-2)31-24(28)19-7-3-5-9-21(19)30-15-17-11-13-18(25)14-12-17/h3-14,16H,15H2,1-2H3,(H,26,27). The second kappa shape index (κ2) is 10.2. The molecule has 160 valence electrons. The maximum Gasteiger partial charge on any atom is 0.342 e. The number of benzene rings is 3. The van der Waals surface area contributed by atoms with Gasteiger partial charge in [0.1, 0.15) is 29.5 Å². The van der Waals surface area contributed by atoms with E-state index in [4.69, 9.17) is 14.2 Å². The number of carbonyl (C=O) groups excluding carboxylic acids is 2. The number of ether oxygens (including phenoxy) is 3. The van der Waals surface area contributed by atoms with Crippen molar-refractivity contribution in [1.82, 2.24) is 0 Å². The molecule has 0 aliphatic rings. The lowest BCUT2D eigenvalue weighted by molar-refractivity contribution is -0.123. The van der Waals surface area contributed by atoms with E-state index in [9.17, 15) is 14.0 Å². The second-order valence-electron chi connectivity index (χ2n) is 6.65. The minimum Gasteiger partial charge on any atom is -0.495 e. The molecule has 7 heteroatoms. The highest BCUT2D eigenvalue weighted by atomic mass is 19.1. The first-order valence-corrected chi connectivity index (χ1v) is 9.59. The van der Waals surface area contributed by atoms with E-state index in [-0.39, 0.29) is 18.0 Å². The van der Waals surface area contributed by atoms with Gasteiger partial charge in [0.05, 0.1) is 12.8 Å². The Morgan fingerprint density at radius 3 is 2.29 bits per heavy atom. The van der Waals surface area contributed by atoms with Crippen LogP contribution in [-0.4, -0.2) is 25.1 Å². The Balaban J connectivity index is 1.64. The van der Waals surface area contributed by atoms with Gasteiger partial charge in [-0.1, -0.05) is 36.4 Å². The summed E-state index contributed by atoms with van der Waals surface area (Å²) >= 11 is 0. The summed E-state index contributed by atoms with van der Waals surface area (Å²) in [5.74, 6) is -0.740. The molecule has 0 bridgehead atoms. The van der Waals surface area contributed by atoms with Gasteiger partial charge in [-0.15, -0.1) is 0 Å². The molecule has 0 spiro atoms. The van der Waals surface area contributed by atoms with E-state index in [2.05, 4.69) is 5.32 Å². The summed E-state index contributed by atoms with van der Waals surface area (Å²) < 4.78 is 29.3. The monoisotopic (exact) mass is 423 g/mol. The molecule has 3 aromatic carbocycles. The number of amides is 1. The zero-order chi connectivity index (χ0) is 22.2. The number of nitrogens with one attached hydrogen (secondary N) is 1. The van der Waals surface area contributed by atoms with Crippen molar-refractivity contribution in [2.24, 2.45) is 0 Å². The Morgan fingerprint density at radius 2 is 1.58 bits per heavy atom. The molecular formula is C24H22FNO5. The lowest BCUT2D eigenvalue weighted by atomic mass is 10.2. The first kappa shape index (κ1) is 21.8. The third-order valence-electron chi connectivity index (χ3n) is 4.43. The summed E-state index contributed by atoms with van der Waals surface area (Å²) in [4.78, 5) is 25.1. The Morgan fingerprint density at radius 1 is 0.935 bits per heavy atom. The van der Waals surface area contributed by atoms with Crippen LogP contribution >= 0.6 is 0 Å². The van der Waals surface area contributed by atoms with E-state index in [1.165, 1.54) is 26.2 Å². The van der Waals surface area contributed by atoms with Gasteiger partial charge in [-0.05, 0) is 48.9 Å². The number of methoxy groups -OCH3 is 1. The molecule has 0 heterocycles. The van der Waals surface area contributed by atoms with Crippen LogP contribution in [0.2, 0.25) is 0 Å². The van der Waals surface area contributed by atoms with Crippen LogP contribution in [0.1, 0.15) is 22.8 Å². The lowest BCUT2D eigenvalue weighted by Gasteiger charge is -2.16. The molecule has 1 atom stereocenters. The van der Waals surface area contributed by atoms with E-state index < -0.39 is 18.0 Å². The van der Waals surface area contributed by atoms with Gasteiger partial charge in [0.25, 0.3) is 5.91 Å². The van der Waals surface area contributed by atoms with E-state index in [1.807, 2.05) is 0 Å². The number of hydrogen-bond donors (Lipinski definition) is 1. The fourth-order valence-corrected chi connectivity index (χ4v) is 2.76. The van der Waals surface area contributed by atoms with Crippen LogP contribution in [0.4, 0.5) is 10.1 Å². The maximum absolute atomic E-state index is 13.0. The second-order valence-corrected chi connectivity index (χ2v) is 6.65. The van der Waals surface area contributed by atoms with Crippen LogP contribution in [-0.2, 0) is 16.1 Å². The molecule has 1 N–H and O–H groups in total.